The number of nitrogens with zero attached hydrogens (tertiary/aromatic N) is 3. The fraction of sp³-hybridized carbons (Fsp3) is 0.531. The number of para-hydroxylation sites is 1. The lowest BCUT2D eigenvalue weighted by molar-refractivity contribution is -0.147. The first-order valence-corrected chi connectivity index (χ1v) is 14.7. The van der Waals surface area contributed by atoms with E-state index in [1.165, 1.54) is 5.56 Å². The van der Waals surface area contributed by atoms with E-state index < -0.39 is 5.41 Å². The Hall–Kier alpha value is -3.35. The molecule has 206 valence electrons. The number of amides is 2. The number of carbonyl (C=O) groups is 2. The van der Waals surface area contributed by atoms with E-state index in [-0.39, 0.29) is 17.9 Å². The zero-order valence-electron chi connectivity index (χ0n) is 23.2. The molecule has 3 aromatic rings. The molecule has 0 aliphatic carbocycles. The van der Waals surface area contributed by atoms with Crippen LogP contribution in [0.15, 0.2) is 42.5 Å². The van der Waals surface area contributed by atoms with Crippen molar-refractivity contribution in [1.29, 1.82) is 0 Å². The van der Waals surface area contributed by atoms with Gasteiger partial charge in [-0.25, -0.2) is 4.98 Å². The average Bonchev–Trinajstić information content (AvgIpc) is 3.60. The van der Waals surface area contributed by atoms with Crippen molar-refractivity contribution in [2.75, 3.05) is 26.2 Å². The normalized spacial score (nSPS) is 21.8. The van der Waals surface area contributed by atoms with Crippen molar-refractivity contribution in [1.82, 2.24) is 19.8 Å². The van der Waals surface area contributed by atoms with E-state index in [2.05, 4.69) is 46.9 Å². The molecule has 4 heterocycles. The van der Waals surface area contributed by atoms with Crippen molar-refractivity contribution in [3.05, 3.63) is 59.4 Å². The van der Waals surface area contributed by atoms with E-state index >= 15 is 0 Å². The Labute approximate surface area is 230 Å². The maximum atomic E-state index is 14.2. The summed E-state index contributed by atoms with van der Waals surface area (Å²) in [5, 5.41) is 0. The molecular weight excluding hydrogens is 488 g/mol. The number of hydrogen-bond acceptors (Lipinski definition) is 4. The monoisotopic (exact) mass is 528 g/mol. The Balaban J connectivity index is 1.19. The minimum Gasteiger partial charge on any atom is -0.491 e. The summed E-state index contributed by atoms with van der Waals surface area (Å²) in [7, 11) is 0. The smallest absolute Gasteiger partial charge is 0.253 e. The number of piperidine rings is 1. The Bertz CT molecular complexity index is 1350. The van der Waals surface area contributed by atoms with Gasteiger partial charge in [0, 0.05) is 31.1 Å². The molecule has 1 aromatic heterocycles. The molecule has 2 saturated heterocycles. The molecule has 2 fully saturated rings. The number of H-pyrrole nitrogens is 1. The summed E-state index contributed by atoms with van der Waals surface area (Å²) in [5.74, 6) is 2.53. The molecule has 2 aromatic carbocycles. The van der Waals surface area contributed by atoms with Gasteiger partial charge in [-0.15, -0.1) is 0 Å². The zero-order valence-corrected chi connectivity index (χ0v) is 23.2. The molecule has 1 spiro atoms. The number of benzene rings is 2. The molecule has 0 bridgehead atoms. The molecule has 39 heavy (non-hydrogen) atoms. The molecule has 2 amide bonds. The lowest BCUT2D eigenvalue weighted by Crippen LogP contribution is -2.53. The maximum absolute atomic E-state index is 14.2. The number of nitrogens with one attached hydrogen (secondary N) is 1. The third-order valence-electron chi connectivity index (χ3n) is 9.15. The first-order chi connectivity index (χ1) is 18.9. The fourth-order valence-electron chi connectivity index (χ4n) is 6.72. The highest BCUT2D eigenvalue weighted by atomic mass is 16.5. The van der Waals surface area contributed by atoms with Crippen LogP contribution in [-0.4, -0.2) is 63.9 Å². The molecule has 0 saturated carbocycles. The second-order valence-electron chi connectivity index (χ2n) is 12.0. The molecule has 7 heteroatoms. The maximum Gasteiger partial charge on any atom is 0.253 e. The van der Waals surface area contributed by atoms with Gasteiger partial charge < -0.3 is 19.5 Å². The first-order valence-electron chi connectivity index (χ1n) is 14.7. The van der Waals surface area contributed by atoms with Gasteiger partial charge in [-0.2, -0.15) is 0 Å². The largest absolute Gasteiger partial charge is 0.491 e. The van der Waals surface area contributed by atoms with E-state index in [0.717, 1.165) is 80.5 Å². The van der Waals surface area contributed by atoms with Gasteiger partial charge in [0.05, 0.1) is 22.5 Å². The third-order valence-corrected chi connectivity index (χ3v) is 9.15. The SMILES string of the molecule is CC(C)c1nc2ccc(C(=O)N3CCC4(CCCCc5ccccc5OC[C@@H]5CCCN5C4=O)CC3)cc2[nH]1. The van der Waals surface area contributed by atoms with Crippen molar-refractivity contribution in [2.45, 2.75) is 77.2 Å². The lowest BCUT2D eigenvalue weighted by Gasteiger charge is -2.44. The quantitative estimate of drug-likeness (QED) is 0.463. The summed E-state index contributed by atoms with van der Waals surface area (Å²) < 4.78 is 6.29. The predicted octanol–water partition coefficient (Wildman–Crippen LogP) is 5.71. The Morgan fingerprint density at radius 2 is 1.87 bits per heavy atom. The van der Waals surface area contributed by atoms with Crippen molar-refractivity contribution in [2.24, 2.45) is 5.41 Å². The van der Waals surface area contributed by atoms with Gasteiger partial charge in [0.25, 0.3) is 5.91 Å². The number of aromatic nitrogens is 2. The molecule has 3 aliphatic heterocycles. The van der Waals surface area contributed by atoms with Crippen molar-refractivity contribution >= 4 is 22.8 Å². The molecule has 0 unspecified atom stereocenters. The molecular formula is C32H40N4O3. The lowest BCUT2D eigenvalue weighted by atomic mass is 9.72. The molecule has 7 nitrogen and oxygen atoms in total. The van der Waals surface area contributed by atoms with Crippen LogP contribution < -0.4 is 4.74 Å². The highest BCUT2D eigenvalue weighted by molar-refractivity contribution is 5.97. The summed E-state index contributed by atoms with van der Waals surface area (Å²) >= 11 is 0. The van der Waals surface area contributed by atoms with Gasteiger partial charge >= 0.3 is 0 Å². The number of fused-ring (bicyclic) bond motifs is 3. The molecule has 6 rings (SSSR count). The summed E-state index contributed by atoms with van der Waals surface area (Å²) in [6.45, 7) is 6.79. The van der Waals surface area contributed by atoms with Gasteiger partial charge in [-0.05, 0) is 74.8 Å². The predicted molar refractivity (Wildman–Crippen MR) is 152 cm³/mol. The van der Waals surface area contributed by atoms with Crippen LogP contribution >= 0.6 is 0 Å². The number of imidazole rings is 1. The first kappa shape index (κ1) is 25.9. The second kappa shape index (κ2) is 10.7. The summed E-state index contributed by atoms with van der Waals surface area (Å²) in [5.41, 5.74) is 3.34. The highest BCUT2D eigenvalue weighted by Gasteiger charge is 2.46. The highest BCUT2D eigenvalue weighted by Crippen LogP contribution is 2.41. The van der Waals surface area contributed by atoms with Crippen molar-refractivity contribution < 1.29 is 14.3 Å². The van der Waals surface area contributed by atoms with Crippen molar-refractivity contribution in [3.63, 3.8) is 0 Å². The van der Waals surface area contributed by atoms with Crippen LogP contribution in [0.2, 0.25) is 0 Å². The fourth-order valence-corrected chi connectivity index (χ4v) is 6.72. The van der Waals surface area contributed by atoms with E-state index in [9.17, 15) is 9.59 Å². The van der Waals surface area contributed by atoms with Crippen LogP contribution in [0.1, 0.15) is 86.5 Å². The van der Waals surface area contributed by atoms with Crippen LogP contribution in [0.25, 0.3) is 11.0 Å². The van der Waals surface area contributed by atoms with Crippen LogP contribution in [0.4, 0.5) is 0 Å². The van der Waals surface area contributed by atoms with E-state index in [0.29, 0.717) is 31.2 Å². The van der Waals surface area contributed by atoms with Gasteiger partial charge in [0.1, 0.15) is 18.2 Å². The van der Waals surface area contributed by atoms with E-state index in [1.807, 2.05) is 29.2 Å². The minimum atomic E-state index is -0.391. The van der Waals surface area contributed by atoms with Gasteiger partial charge in [-0.3, -0.25) is 9.59 Å². The average molecular weight is 529 g/mol. The van der Waals surface area contributed by atoms with Gasteiger partial charge in [0.15, 0.2) is 0 Å². The molecule has 1 N–H and O–H groups in total. The van der Waals surface area contributed by atoms with Gasteiger partial charge in [0.2, 0.25) is 5.91 Å². The van der Waals surface area contributed by atoms with Gasteiger partial charge in [-0.1, -0.05) is 38.5 Å². The molecule has 1 atom stereocenters. The summed E-state index contributed by atoms with van der Waals surface area (Å²) in [6.07, 6.45) is 7.35. The van der Waals surface area contributed by atoms with Crippen LogP contribution in [0.3, 0.4) is 0 Å². The summed E-state index contributed by atoms with van der Waals surface area (Å²) in [4.78, 5) is 39.8. The number of hydrogen-bond donors (Lipinski definition) is 1. The number of aryl methyl sites for hydroxylation is 1. The molecule has 0 radical (unpaired) electrons. The standard InChI is InChI=1S/C32H40N4O3/c1-22(2)29-33-26-13-12-24(20-27(26)34-29)30(37)35-18-15-32(16-19-35)14-6-5-9-23-8-3-4-11-28(23)39-21-25-10-7-17-36(25)31(32)38/h3-4,8,11-13,20,22,25H,5-7,9-10,14-19,21H2,1-2H3,(H,33,34)/t25-/m0/s1. The van der Waals surface area contributed by atoms with E-state index in [4.69, 9.17) is 4.74 Å². The second-order valence-corrected chi connectivity index (χ2v) is 12.0. The molecule has 3 aliphatic rings. The number of likely N-dealkylation sites (tertiary alicyclic amines) is 1. The topological polar surface area (TPSA) is 78.5 Å². The Kier molecular flexibility index (Phi) is 7.08. The van der Waals surface area contributed by atoms with Crippen LogP contribution in [0.5, 0.6) is 5.75 Å². The number of rotatable bonds is 2. The summed E-state index contributed by atoms with van der Waals surface area (Å²) in [6, 6.07) is 14.2. The number of aromatic amines is 1. The number of ether oxygens (including phenoxy) is 1. The van der Waals surface area contributed by atoms with Crippen LogP contribution in [-0.2, 0) is 11.2 Å². The zero-order chi connectivity index (χ0) is 27.0. The van der Waals surface area contributed by atoms with E-state index in [1.54, 1.807) is 0 Å². The minimum absolute atomic E-state index is 0.0390. The Morgan fingerprint density at radius 1 is 1.05 bits per heavy atom. The number of carbonyl (C=O) groups excluding carboxylic acids is 2. The van der Waals surface area contributed by atoms with Crippen LogP contribution in [0, 0.1) is 5.41 Å². The third kappa shape index (κ3) is 5.04. The van der Waals surface area contributed by atoms with Crippen molar-refractivity contribution in [3.8, 4) is 5.75 Å². The Morgan fingerprint density at radius 3 is 2.69 bits per heavy atom.